The van der Waals surface area contributed by atoms with Gasteiger partial charge < -0.3 is 5.11 Å². The number of carbonyl (C=O) groups excluding carboxylic acids is 1. The molecule has 0 bridgehead atoms. The molecule has 1 aromatic heterocycles. The topological polar surface area (TPSA) is 100 Å². The summed E-state index contributed by atoms with van der Waals surface area (Å²) in [6.07, 6.45) is 2.01. The summed E-state index contributed by atoms with van der Waals surface area (Å²) in [5.74, 6) is -0.294. The van der Waals surface area contributed by atoms with Crippen molar-refractivity contribution in [2.75, 3.05) is 11.1 Å². The van der Waals surface area contributed by atoms with E-state index in [2.05, 4.69) is 15.4 Å². The average molecular weight is 285 g/mol. The van der Waals surface area contributed by atoms with Crippen molar-refractivity contribution in [2.45, 2.75) is 24.8 Å². The van der Waals surface area contributed by atoms with Gasteiger partial charge in [0.15, 0.2) is 0 Å². The van der Waals surface area contributed by atoms with E-state index in [4.69, 9.17) is 5.11 Å². The van der Waals surface area contributed by atoms with E-state index in [0.29, 0.717) is 18.1 Å². The highest BCUT2D eigenvalue weighted by Crippen LogP contribution is 2.31. The largest absolute Gasteiger partial charge is 0.480 e. The molecule has 2 heterocycles. The smallest absolute Gasteiger partial charge is 0.327 e. The number of aryl methyl sites for hydroxylation is 1. The zero-order valence-corrected chi connectivity index (χ0v) is 11.4. The van der Waals surface area contributed by atoms with E-state index in [9.17, 15) is 9.59 Å². The fourth-order valence-corrected chi connectivity index (χ4v) is 3.26. The van der Waals surface area contributed by atoms with E-state index >= 15 is 0 Å². The van der Waals surface area contributed by atoms with Crippen molar-refractivity contribution >= 4 is 29.7 Å². The molecule has 2 N–H and O–H groups in total. The quantitative estimate of drug-likeness (QED) is 0.842. The molecule has 8 nitrogen and oxygen atoms in total. The van der Waals surface area contributed by atoms with Crippen LogP contribution in [0.25, 0.3) is 0 Å². The van der Waals surface area contributed by atoms with Gasteiger partial charge in [0.05, 0.1) is 5.37 Å². The SMILES string of the molecule is CCC1SCC(C(=O)O)N1C(=O)Nc1ncnn1C. The highest BCUT2D eigenvalue weighted by Gasteiger charge is 2.41. The maximum atomic E-state index is 12.2. The standard InChI is InChI=1S/C10H15N5O3S/c1-3-7-15(6(4-19-7)8(16)17)10(18)13-9-11-5-12-14(9)2/h5-7H,3-4H2,1-2H3,(H,16,17)(H,11,12,13,18). The van der Waals surface area contributed by atoms with Gasteiger partial charge in [-0.1, -0.05) is 6.92 Å². The highest BCUT2D eigenvalue weighted by atomic mass is 32.2. The van der Waals surface area contributed by atoms with Crippen molar-refractivity contribution < 1.29 is 14.7 Å². The van der Waals surface area contributed by atoms with Crippen LogP contribution in [0, 0.1) is 0 Å². The molecule has 19 heavy (non-hydrogen) atoms. The minimum Gasteiger partial charge on any atom is -0.480 e. The van der Waals surface area contributed by atoms with Crippen LogP contribution in [0.3, 0.4) is 0 Å². The fourth-order valence-electron chi connectivity index (χ4n) is 1.91. The van der Waals surface area contributed by atoms with E-state index in [0.717, 1.165) is 0 Å². The molecule has 1 aliphatic heterocycles. The second kappa shape index (κ2) is 5.47. The highest BCUT2D eigenvalue weighted by molar-refractivity contribution is 8.00. The lowest BCUT2D eigenvalue weighted by Crippen LogP contribution is -2.47. The summed E-state index contributed by atoms with van der Waals surface area (Å²) in [4.78, 5) is 28.6. The molecule has 1 fully saturated rings. The number of aromatic nitrogens is 3. The molecule has 1 aromatic rings. The van der Waals surface area contributed by atoms with Gasteiger partial charge in [-0.2, -0.15) is 10.1 Å². The van der Waals surface area contributed by atoms with Crippen molar-refractivity contribution in [3.05, 3.63) is 6.33 Å². The monoisotopic (exact) mass is 285 g/mol. The number of urea groups is 1. The first-order valence-corrected chi connectivity index (χ1v) is 6.87. The number of anilines is 1. The molecule has 0 radical (unpaired) electrons. The van der Waals surface area contributed by atoms with Gasteiger partial charge in [-0.05, 0) is 6.42 Å². The van der Waals surface area contributed by atoms with E-state index in [-0.39, 0.29) is 5.37 Å². The van der Waals surface area contributed by atoms with Crippen LogP contribution in [-0.2, 0) is 11.8 Å². The van der Waals surface area contributed by atoms with Crippen molar-refractivity contribution in [3.63, 3.8) is 0 Å². The Balaban J connectivity index is 2.15. The fraction of sp³-hybridized carbons (Fsp3) is 0.600. The van der Waals surface area contributed by atoms with E-state index in [1.165, 1.54) is 27.7 Å². The maximum Gasteiger partial charge on any atom is 0.327 e. The second-order valence-corrected chi connectivity index (χ2v) is 5.31. The van der Waals surface area contributed by atoms with Crippen LogP contribution < -0.4 is 5.32 Å². The van der Waals surface area contributed by atoms with E-state index in [1.807, 2.05) is 6.92 Å². The summed E-state index contributed by atoms with van der Waals surface area (Å²) in [6, 6.07) is -1.26. The molecule has 0 saturated carbocycles. The van der Waals surface area contributed by atoms with Crippen LogP contribution in [0.1, 0.15) is 13.3 Å². The molecule has 0 aromatic carbocycles. The second-order valence-electron chi connectivity index (χ2n) is 4.09. The number of hydrogen-bond donors (Lipinski definition) is 2. The third-order valence-electron chi connectivity index (χ3n) is 2.89. The molecular formula is C10H15N5O3S. The minimum atomic E-state index is -0.989. The normalized spacial score (nSPS) is 22.5. The van der Waals surface area contributed by atoms with Crippen molar-refractivity contribution in [1.29, 1.82) is 0 Å². The number of amides is 2. The summed E-state index contributed by atoms with van der Waals surface area (Å²) < 4.78 is 1.41. The number of thioether (sulfide) groups is 1. The molecule has 1 saturated heterocycles. The Kier molecular flexibility index (Phi) is 3.93. The Labute approximate surface area is 114 Å². The van der Waals surface area contributed by atoms with Crippen LogP contribution in [0.4, 0.5) is 10.7 Å². The number of carbonyl (C=O) groups is 2. The lowest BCUT2D eigenvalue weighted by molar-refractivity contribution is -0.141. The number of hydrogen-bond acceptors (Lipinski definition) is 5. The van der Waals surface area contributed by atoms with Crippen molar-refractivity contribution in [1.82, 2.24) is 19.7 Å². The minimum absolute atomic E-state index is 0.130. The number of carboxylic acid groups (broad SMARTS) is 1. The Hall–Kier alpha value is -1.77. The van der Waals surface area contributed by atoms with Gasteiger partial charge >= 0.3 is 12.0 Å². The van der Waals surface area contributed by atoms with Crippen molar-refractivity contribution in [3.8, 4) is 0 Å². The first-order chi connectivity index (χ1) is 9.04. The average Bonchev–Trinajstić information content (AvgIpc) is 2.95. The number of carboxylic acids is 1. The van der Waals surface area contributed by atoms with Crippen molar-refractivity contribution in [2.24, 2.45) is 7.05 Å². The predicted octanol–water partition coefficient (Wildman–Crippen LogP) is 0.585. The molecule has 1 aliphatic rings. The predicted molar refractivity (Wildman–Crippen MR) is 69.8 cm³/mol. The summed E-state index contributed by atoms with van der Waals surface area (Å²) in [6.45, 7) is 1.92. The van der Waals surface area contributed by atoms with Crippen LogP contribution in [0.2, 0.25) is 0 Å². The molecule has 2 rings (SSSR count). The molecule has 0 aliphatic carbocycles. The van der Waals surface area contributed by atoms with Gasteiger partial charge in [0.1, 0.15) is 12.4 Å². The summed E-state index contributed by atoms with van der Waals surface area (Å²) in [7, 11) is 1.65. The molecule has 9 heteroatoms. The molecule has 2 unspecified atom stereocenters. The molecule has 0 spiro atoms. The Morgan fingerprint density at radius 3 is 2.89 bits per heavy atom. The molecular weight excluding hydrogens is 270 g/mol. The number of nitrogens with one attached hydrogen (secondary N) is 1. The van der Waals surface area contributed by atoms with Gasteiger partial charge in [-0.25, -0.2) is 14.3 Å². The lowest BCUT2D eigenvalue weighted by atomic mass is 10.3. The van der Waals surface area contributed by atoms with Gasteiger partial charge in [0.25, 0.3) is 0 Å². The number of rotatable bonds is 3. The lowest BCUT2D eigenvalue weighted by Gasteiger charge is -2.26. The summed E-state index contributed by atoms with van der Waals surface area (Å²) in [5.41, 5.74) is 0. The van der Waals surface area contributed by atoms with Crippen LogP contribution in [0.5, 0.6) is 0 Å². The van der Waals surface area contributed by atoms with E-state index in [1.54, 1.807) is 7.05 Å². The molecule has 2 amide bonds. The molecule has 2 atom stereocenters. The van der Waals surface area contributed by atoms with Crippen LogP contribution in [-0.4, -0.2) is 53.9 Å². The van der Waals surface area contributed by atoms with Gasteiger partial charge in [0, 0.05) is 12.8 Å². The number of aliphatic carboxylic acids is 1. The van der Waals surface area contributed by atoms with E-state index < -0.39 is 18.0 Å². The zero-order valence-electron chi connectivity index (χ0n) is 10.6. The van der Waals surface area contributed by atoms with Crippen LogP contribution >= 0.6 is 11.8 Å². The van der Waals surface area contributed by atoms with Gasteiger partial charge in [-0.15, -0.1) is 11.8 Å². The third-order valence-corrected chi connectivity index (χ3v) is 4.34. The third kappa shape index (κ3) is 2.65. The van der Waals surface area contributed by atoms with Gasteiger partial charge in [-0.3, -0.25) is 10.2 Å². The zero-order chi connectivity index (χ0) is 14.0. The Bertz CT molecular complexity index is 491. The summed E-state index contributed by atoms with van der Waals surface area (Å²) in [5, 5.41) is 15.4. The maximum absolute atomic E-state index is 12.2. The summed E-state index contributed by atoms with van der Waals surface area (Å²) >= 11 is 1.47. The van der Waals surface area contributed by atoms with Crippen LogP contribution in [0.15, 0.2) is 6.33 Å². The Morgan fingerprint density at radius 2 is 2.37 bits per heavy atom. The van der Waals surface area contributed by atoms with Gasteiger partial charge in [0.2, 0.25) is 5.95 Å². The number of nitrogens with zero attached hydrogens (tertiary/aromatic N) is 4. The first-order valence-electron chi connectivity index (χ1n) is 5.82. The first kappa shape index (κ1) is 13.7. The molecule has 104 valence electrons. The Morgan fingerprint density at radius 1 is 1.63 bits per heavy atom.